The van der Waals surface area contributed by atoms with E-state index >= 15 is 0 Å². The molecule has 0 aromatic carbocycles. The summed E-state index contributed by atoms with van der Waals surface area (Å²) < 4.78 is 9.90. The summed E-state index contributed by atoms with van der Waals surface area (Å²) in [5, 5.41) is 11.8. The van der Waals surface area contributed by atoms with E-state index in [0.29, 0.717) is 32.4 Å². The fourth-order valence-electron chi connectivity index (χ4n) is 9.13. The molecular formula is C37H46N4O5. The molecule has 0 radical (unpaired) electrons. The van der Waals surface area contributed by atoms with E-state index in [1.54, 1.807) is 41.6 Å². The molecule has 1 N–H and O–H groups in total. The van der Waals surface area contributed by atoms with Gasteiger partial charge in [0, 0.05) is 66.6 Å². The maximum Gasteiger partial charge on any atom is 0.344 e. The van der Waals surface area contributed by atoms with Gasteiger partial charge >= 0.3 is 5.97 Å². The molecule has 2 unspecified atom stereocenters. The summed E-state index contributed by atoms with van der Waals surface area (Å²) >= 11 is 0. The first-order valence-electron chi connectivity index (χ1n) is 16.6. The van der Waals surface area contributed by atoms with Crippen LogP contribution >= 0.6 is 0 Å². The van der Waals surface area contributed by atoms with Crippen molar-refractivity contribution in [3.05, 3.63) is 84.0 Å². The molecule has 3 aromatic heterocycles. The van der Waals surface area contributed by atoms with Crippen molar-refractivity contribution >= 4 is 11.8 Å². The molecule has 0 spiro atoms. The summed E-state index contributed by atoms with van der Waals surface area (Å²) in [4.78, 5) is 49.8. The third kappa shape index (κ3) is 5.17. The van der Waals surface area contributed by atoms with Crippen LogP contribution in [0.25, 0.3) is 11.3 Å². The van der Waals surface area contributed by atoms with E-state index in [1.165, 1.54) is 6.07 Å². The minimum absolute atomic E-state index is 0.0312. The number of ketones is 1. The number of aryl methyl sites for hydroxylation is 2. The lowest BCUT2D eigenvalue weighted by Gasteiger charge is -2.61. The molecule has 46 heavy (non-hydrogen) atoms. The van der Waals surface area contributed by atoms with Crippen LogP contribution in [0.2, 0.25) is 0 Å². The first-order chi connectivity index (χ1) is 21.9. The third-order valence-electron chi connectivity index (χ3n) is 12.2. The molecule has 3 saturated carbocycles. The molecule has 6 rings (SSSR count). The summed E-state index contributed by atoms with van der Waals surface area (Å²) in [6.45, 7) is 13.4. The van der Waals surface area contributed by atoms with Crippen LogP contribution in [0.15, 0.2) is 72.8 Å². The lowest BCUT2D eigenvalue weighted by Crippen LogP contribution is -2.63. The molecule has 3 fully saturated rings. The quantitative estimate of drug-likeness (QED) is 0.251. The highest BCUT2D eigenvalue weighted by Gasteiger charge is 2.68. The Morgan fingerprint density at radius 1 is 1.17 bits per heavy atom. The maximum atomic E-state index is 13.9. The number of carbonyl (C=O) groups is 2. The fourth-order valence-corrected chi connectivity index (χ4v) is 9.13. The van der Waals surface area contributed by atoms with E-state index in [2.05, 4.69) is 37.3 Å². The Morgan fingerprint density at radius 3 is 2.72 bits per heavy atom. The van der Waals surface area contributed by atoms with E-state index in [9.17, 15) is 19.5 Å². The number of pyridine rings is 2. The molecule has 0 saturated heterocycles. The average Bonchev–Trinajstić information content (AvgIpc) is 3.68. The van der Waals surface area contributed by atoms with Crippen LogP contribution in [0.5, 0.6) is 0 Å². The van der Waals surface area contributed by atoms with E-state index in [1.807, 2.05) is 29.8 Å². The Hall–Kier alpha value is -3.85. The van der Waals surface area contributed by atoms with Crippen molar-refractivity contribution in [1.82, 2.24) is 19.1 Å². The van der Waals surface area contributed by atoms with Gasteiger partial charge in [0.25, 0.3) is 5.56 Å². The van der Waals surface area contributed by atoms with E-state index in [-0.39, 0.29) is 34.5 Å². The first kappa shape index (κ1) is 32.1. The predicted octanol–water partition coefficient (Wildman–Crippen LogP) is 5.72. The molecule has 3 aliphatic carbocycles. The molecule has 0 aliphatic heterocycles. The number of rotatable bonds is 8. The minimum Gasteiger partial charge on any atom is -0.458 e. The van der Waals surface area contributed by atoms with Gasteiger partial charge < -0.3 is 19.0 Å². The van der Waals surface area contributed by atoms with Crippen molar-refractivity contribution in [3.63, 3.8) is 0 Å². The Balaban J connectivity index is 1.24. The molecule has 3 aromatic rings. The number of imidazole rings is 1. The van der Waals surface area contributed by atoms with Crippen molar-refractivity contribution in [2.75, 3.05) is 0 Å². The molecule has 2 bridgehead atoms. The number of ether oxygens (including phenoxy) is 1. The van der Waals surface area contributed by atoms with Crippen molar-refractivity contribution in [2.24, 2.45) is 34.0 Å². The smallest absolute Gasteiger partial charge is 0.344 e. The van der Waals surface area contributed by atoms with Gasteiger partial charge in [-0.2, -0.15) is 0 Å². The van der Waals surface area contributed by atoms with Crippen molar-refractivity contribution in [1.29, 1.82) is 0 Å². The monoisotopic (exact) mass is 626 g/mol. The van der Waals surface area contributed by atoms with Gasteiger partial charge in [-0.1, -0.05) is 33.8 Å². The van der Waals surface area contributed by atoms with Crippen LogP contribution in [0, 0.1) is 34.0 Å². The van der Waals surface area contributed by atoms with Crippen LogP contribution in [0.1, 0.15) is 76.6 Å². The van der Waals surface area contributed by atoms with E-state index < -0.39 is 34.6 Å². The van der Waals surface area contributed by atoms with Gasteiger partial charge in [0.15, 0.2) is 0 Å². The van der Waals surface area contributed by atoms with Crippen LogP contribution in [-0.2, 0) is 22.6 Å². The molecule has 3 aliphatic rings. The summed E-state index contributed by atoms with van der Waals surface area (Å²) in [7, 11) is 0. The highest BCUT2D eigenvalue weighted by atomic mass is 16.5. The van der Waals surface area contributed by atoms with Crippen LogP contribution in [0.3, 0.4) is 0 Å². The number of carbonyl (C=O) groups excluding carboxylic acids is 2. The van der Waals surface area contributed by atoms with Crippen molar-refractivity contribution in [3.8, 4) is 11.3 Å². The van der Waals surface area contributed by atoms with Gasteiger partial charge in [0.2, 0.25) is 0 Å². The molecule has 9 nitrogen and oxygen atoms in total. The van der Waals surface area contributed by atoms with Crippen LogP contribution in [-0.4, -0.2) is 48.2 Å². The number of aromatic nitrogens is 4. The van der Waals surface area contributed by atoms with Gasteiger partial charge in [-0.15, -0.1) is 6.58 Å². The number of Topliss-reactive ketones (excluding diaryl/α,β-unsaturated/α-hetero) is 1. The molecule has 9 heteroatoms. The Bertz CT molecular complexity index is 1680. The van der Waals surface area contributed by atoms with E-state index in [0.717, 1.165) is 30.5 Å². The number of hydrogen-bond donors (Lipinski definition) is 1. The Labute approximate surface area is 270 Å². The molecule has 8 atom stereocenters. The normalized spacial score (nSPS) is 33.9. The number of aliphatic hydroxyl groups excluding tert-OH is 1. The minimum atomic E-state index is -0.748. The van der Waals surface area contributed by atoms with Crippen molar-refractivity contribution < 1.29 is 19.4 Å². The third-order valence-corrected chi connectivity index (χ3v) is 12.2. The van der Waals surface area contributed by atoms with Gasteiger partial charge in [-0.3, -0.25) is 14.6 Å². The topological polar surface area (TPSA) is 116 Å². The van der Waals surface area contributed by atoms with Gasteiger partial charge in [0.1, 0.15) is 17.5 Å². The highest BCUT2D eigenvalue weighted by Crippen LogP contribution is 2.68. The van der Waals surface area contributed by atoms with Gasteiger partial charge in [-0.05, 0) is 73.6 Å². The van der Waals surface area contributed by atoms with E-state index in [4.69, 9.17) is 4.74 Å². The second kappa shape index (κ2) is 12.1. The largest absolute Gasteiger partial charge is 0.458 e. The standard InChI is InChI=1S/C37H46N4O5/c1-6-35(4)20-30(36(5)24(2)12-14-37(25(3)32(35)43)15-13-29(42)31(36)37)46-34(45)27-11-8-18-41(33(27)44)19-9-17-40-22-28(39-23-40)26-10-7-16-38-21-26/h6-8,10-11,16,18,21-25,30-32,43H,1,9,12-15,17,19-20H2,2-5H3/t24-,25+,30-,31?,32+,35-,36+,37?/m1/s1. The number of esters is 1. The molecule has 0 amide bonds. The first-order valence-corrected chi connectivity index (χ1v) is 16.6. The lowest BCUT2D eigenvalue weighted by molar-refractivity contribution is -0.192. The second-order valence-electron chi connectivity index (χ2n) is 14.5. The highest BCUT2D eigenvalue weighted by molar-refractivity contribution is 5.89. The molecule has 244 valence electrons. The van der Waals surface area contributed by atoms with Crippen molar-refractivity contribution in [2.45, 2.75) is 91.5 Å². The van der Waals surface area contributed by atoms with Crippen LogP contribution < -0.4 is 5.56 Å². The molecule has 3 heterocycles. The summed E-state index contributed by atoms with van der Waals surface area (Å²) in [5.74, 6) is -0.819. The Kier molecular flexibility index (Phi) is 8.42. The van der Waals surface area contributed by atoms with Gasteiger partial charge in [0.05, 0.1) is 18.1 Å². The zero-order chi connectivity index (χ0) is 32.9. The zero-order valence-corrected chi connectivity index (χ0v) is 27.4. The maximum absolute atomic E-state index is 13.9. The van der Waals surface area contributed by atoms with Gasteiger partial charge in [-0.25, -0.2) is 9.78 Å². The summed E-state index contributed by atoms with van der Waals surface area (Å²) in [5.41, 5.74) is -0.424. The van der Waals surface area contributed by atoms with Crippen LogP contribution in [0.4, 0.5) is 0 Å². The predicted molar refractivity (Wildman–Crippen MR) is 175 cm³/mol. The zero-order valence-electron chi connectivity index (χ0n) is 27.4. The molecular weight excluding hydrogens is 580 g/mol. The number of nitrogens with zero attached hydrogens (tertiary/aromatic N) is 4. The Morgan fingerprint density at radius 2 is 1.98 bits per heavy atom. The fraction of sp³-hybridized carbons (Fsp3) is 0.541. The number of hydrogen-bond acceptors (Lipinski definition) is 7. The second-order valence-corrected chi connectivity index (χ2v) is 14.5. The summed E-state index contributed by atoms with van der Waals surface area (Å²) in [6, 6.07) is 7.04. The summed E-state index contributed by atoms with van der Waals surface area (Å²) in [6.07, 6.45) is 13.2. The average molecular weight is 627 g/mol. The number of aliphatic hydroxyl groups is 1. The lowest BCUT2D eigenvalue weighted by atomic mass is 9.44. The SMILES string of the molecule is C=C[C@]1(C)C[C@@H](OC(=O)c2cccn(CCCn3cnc(-c4cccnc4)c3)c2=O)[C@@]2(C)C3C(=O)CCC3(CC[C@H]2C)[C@@H](C)[C@@H]1O.